The Hall–Kier alpha value is -7.17. The van der Waals surface area contributed by atoms with Gasteiger partial charge in [0, 0.05) is 33.0 Å². The Balaban J connectivity index is 1.20. The van der Waals surface area contributed by atoms with E-state index in [1.807, 2.05) is 36.4 Å². The van der Waals surface area contributed by atoms with Crippen LogP contribution in [0, 0.1) is 0 Å². The van der Waals surface area contributed by atoms with Crippen molar-refractivity contribution >= 4 is 32.6 Å². The molecule has 0 aliphatic carbocycles. The summed E-state index contributed by atoms with van der Waals surface area (Å²) in [6.07, 6.45) is 0. The van der Waals surface area contributed by atoms with Crippen LogP contribution in [0.1, 0.15) is 0 Å². The second kappa shape index (κ2) is 12.9. The Labute approximate surface area is 307 Å². The van der Waals surface area contributed by atoms with Crippen molar-refractivity contribution in [2.75, 3.05) is 0 Å². The molecule has 0 radical (unpaired) electrons. The van der Waals surface area contributed by atoms with E-state index < -0.39 is 0 Å². The minimum Gasteiger partial charge on any atom is -0.309 e. The molecule has 0 aliphatic rings. The van der Waals surface area contributed by atoms with Crippen LogP contribution >= 0.6 is 0 Å². The topological polar surface area (TPSA) is 43.6 Å². The molecular weight excluding hydrogens is 645 g/mol. The summed E-state index contributed by atoms with van der Waals surface area (Å²) in [7, 11) is 0. The van der Waals surface area contributed by atoms with Crippen LogP contribution in [-0.2, 0) is 0 Å². The summed E-state index contributed by atoms with van der Waals surface area (Å²) < 4.78 is 2.39. The van der Waals surface area contributed by atoms with Gasteiger partial charge in [0.1, 0.15) is 0 Å². The average molecular weight is 677 g/mol. The smallest absolute Gasteiger partial charge is 0.164 e. The molecule has 0 amide bonds. The summed E-state index contributed by atoms with van der Waals surface area (Å²) in [5, 5.41) is 4.85. The van der Waals surface area contributed by atoms with Crippen molar-refractivity contribution in [2.45, 2.75) is 0 Å². The van der Waals surface area contributed by atoms with E-state index in [0.29, 0.717) is 17.5 Å². The van der Waals surface area contributed by atoms with Gasteiger partial charge in [-0.2, -0.15) is 0 Å². The maximum atomic E-state index is 5.16. The number of nitrogens with zero attached hydrogens (tertiary/aromatic N) is 4. The zero-order chi connectivity index (χ0) is 35.1. The number of aromatic nitrogens is 4. The van der Waals surface area contributed by atoms with Crippen LogP contribution in [0.5, 0.6) is 0 Å². The van der Waals surface area contributed by atoms with Crippen molar-refractivity contribution in [1.29, 1.82) is 0 Å². The summed E-state index contributed by atoms with van der Waals surface area (Å²) in [6.45, 7) is 0. The van der Waals surface area contributed by atoms with Crippen LogP contribution in [0.25, 0.3) is 94.7 Å². The zero-order valence-corrected chi connectivity index (χ0v) is 28.8. The van der Waals surface area contributed by atoms with E-state index in [9.17, 15) is 0 Å². The molecule has 10 rings (SSSR count). The highest BCUT2D eigenvalue weighted by Crippen LogP contribution is 2.39. The summed E-state index contributed by atoms with van der Waals surface area (Å²) in [4.78, 5) is 15.3. The molecule has 0 unspecified atom stereocenters. The maximum Gasteiger partial charge on any atom is 0.164 e. The van der Waals surface area contributed by atoms with E-state index in [1.54, 1.807) is 0 Å². The average Bonchev–Trinajstić information content (AvgIpc) is 3.58. The van der Waals surface area contributed by atoms with E-state index in [4.69, 9.17) is 15.0 Å². The third kappa shape index (κ3) is 5.54. The number of rotatable bonds is 6. The molecule has 53 heavy (non-hydrogen) atoms. The highest BCUT2D eigenvalue weighted by Gasteiger charge is 2.19. The minimum absolute atomic E-state index is 0.619. The molecular formula is C49H32N4. The summed E-state index contributed by atoms with van der Waals surface area (Å²) in [5.74, 6) is 1.88. The van der Waals surface area contributed by atoms with E-state index in [1.165, 1.54) is 27.1 Å². The first kappa shape index (κ1) is 30.6. The standard InChI is InChI=1S/C49H32N4/c1-3-13-33(14-4-1)35-23-26-37(27-24-35)48-50-47(36-16-5-2-6-17-36)51-49(52-48)40-29-30-41(39-28-25-34-15-7-8-18-38(34)31-39)46(32-40)53-44-21-11-9-19-42(44)43-20-10-12-22-45(43)53/h1-32H. The predicted molar refractivity (Wildman–Crippen MR) is 219 cm³/mol. The Morgan fingerprint density at radius 3 is 1.42 bits per heavy atom. The van der Waals surface area contributed by atoms with Gasteiger partial charge < -0.3 is 4.57 Å². The van der Waals surface area contributed by atoms with Crippen LogP contribution in [-0.4, -0.2) is 19.5 Å². The fourth-order valence-corrected chi connectivity index (χ4v) is 7.43. The van der Waals surface area contributed by atoms with Gasteiger partial charge in [-0.05, 0) is 51.7 Å². The lowest BCUT2D eigenvalue weighted by Gasteiger charge is -2.17. The van der Waals surface area contributed by atoms with Crippen LogP contribution < -0.4 is 0 Å². The first-order valence-electron chi connectivity index (χ1n) is 17.9. The van der Waals surface area contributed by atoms with Gasteiger partial charge >= 0.3 is 0 Å². The molecule has 4 heteroatoms. The third-order valence-electron chi connectivity index (χ3n) is 10.1. The third-order valence-corrected chi connectivity index (χ3v) is 10.1. The minimum atomic E-state index is 0.619. The molecule has 0 bridgehead atoms. The lowest BCUT2D eigenvalue weighted by Crippen LogP contribution is -2.02. The second-order valence-electron chi connectivity index (χ2n) is 13.3. The van der Waals surface area contributed by atoms with Gasteiger partial charge in [-0.3, -0.25) is 0 Å². The van der Waals surface area contributed by atoms with Crippen molar-refractivity contribution in [3.05, 3.63) is 194 Å². The summed E-state index contributed by atoms with van der Waals surface area (Å²) in [6, 6.07) is 68.2. The molecule has 0 N–H and O–H groups in total. The molecule has 8 aromatic carbocycles. The zero-order valence-electron chi connectivity index (χ0n) is 28.8. The van der Waals surface area contributed by atoms with Crippen molar-refractivity contribution in [2.24, 2.45) is 0 Å². The SMILES string of the molecule is c1ccc(-c2ccc(-c3nc(-c4ccccc4)nc(-c4ccc(-c5ccc6ccccc6c5)c(-n5c6ccccc6c6ccccc65)c4)n3)cc2)cc1. The van der Waals surface area contributed by atoms with Gasteiger partial charge in [0.15, 0.2) is 17.5 Å². The van der Waals surface area contributed by atoms with Gasteiger partial charge in [0.2, 0.25) is 0 Å². The van der Waals surface area contributed by atoms with Crippen molar-refractivity contribution in [1.82, 2.24) is 19.5 Å². The number of para-hydroxylation sites is 2. The van der Waals surface area contributed by atoms with E-state index in [2.05, 4.69) is 162 Å². The molecule has 2 heterocycles. The number of hydrogen-bond acceptors (Lipinski definition) is 3. The lowest BCUT2D eigenvalue weighted by atomic mass is 9.98. The lowest BCUT2D eigenvalue weighted by molar-refractivity contribution is 1.07. The molecule has 0 spiro atoms. The fraction of sp³-hybridized carbons (Fsp3) is 0. The quantitative estimate of drug-likeness (QED) is 0.176. The molecule has 0 saturated carbocycles. The summed E-state index contributed by atoms with van der Waals surface area (Å²) >= 11 is 0. The van der Waals surface area contributed by atoms with Gasteiger partial charge in [0.25, 0.3) is 0 Å². The van der Waals surface area contributed by atoms with Crippen LogP contribution in [0.2, 0.25) is 0 Å². The first-order chi connectivity index (χ1) is 26.3. The molecule has 0 saturated heterocycles. The van der Waals surface area contributed by atoms with Crippen molar-refractivity contribution in [3.63, 3.8) is 0 Å². The largest absolute Gasteiger partial charge is 0.309 e. The van der Waals surface area contributed by atoms with Crippen LogP contribution in [0.4, 0.5) is 0 Å². The molecule has 10 aromatic rings. The van der Waals surface area contributed by atoms with E-state index >= 15 is 0 Å². The van der Waals surface area contributed by atoms with Crippen LogP contribution in [0.3, 0.4) is 0 Å². The molecule has 0 aliphatic heterocycles. The van der Waals surface area contributed by atoms with E-state index in [0.717, 1.165) is 50.1 Å². The molecule has 0 atom stereocenters. The Morgan fingerprint density at radius 1 is 0.302 bits per heavy atom. The Morgan fingerprint density at radius 2 is 0.755 bits per heavy atom. The highest BCUT2D eigenvalue weighted by molar-refractivity contribution is 6.10. The van der Waals surface area contributed by atoms with Crippen molar-refractivity contribution < 1.29 is 0 Å². The first-order valence-corrected chi connectivity index (χ1v) is 17.9. The fourth-order valence-electron chi connectivity index (χ4n) is 7.43. The highest BCUT2D eigenvalue weighted by atomic mass is 15.0. The molecule has 2 aromatic heterocycles. The molecule has 4 nitrogen and oxygen atoms in total. The van der Waals surface area contributed by atoms with Gasteiger partial charge in [-0.1, -0.05) is 170 Å². The van der Waals surface area contributed by atoms with Gasteiger partial charge in [-0.15, -0.1) is 0 Å². The van der Waals surface area contributed by atoms with E-state index in [-0.39, 0.29) is 0 Å². The predicted octanol–water partition coefficient (Wildman–Crippen LogP) is 12.5. The Bertz CT molecular complexity index is 2880. The second-order valence-corrected chi connectivity index (χ2v) is 13.3. The number of benzene rings is 8. The van der Waals surface area contributed by atoms with Crippen molar-refractivity contribution in [3.8, 4) is 62.1 Å². The number of fused-ring (bicyclic) bond motifs is 4. The maximum absolute atomic E-state index is 5.16. The normalized spacial score (nSPS) is 11.4. The number of hydrogen-bond donors (Lipinski definition) is 0. The summed E-state index contributed by atoms with van der Waals surface area (Å²) in [5.41, 5.74) is 10.7. The van der Waals surface area contributed by atoms with Gasteiger partial charge in [-0.25, -0.2) is 15.0 Å². The molecule has 248 valence electrons. The van der Waals surface area contributed by atoms with Gasteiger partial charge in [0.05, 0.1) is 16.7 Å². The Kier molecular flexibility index (Phi) is 7.43. The molecule has 0 fully saturated rings. The monoisotopic (exact) mass is 676 g/mol. The van der Waals surface area contributed by atoms with Crippen LogP contribution in [0.15, 0.2) is 194 Å².